The molecule has 0 saturated heterocycles. The number of fused-ring (bicyclic) bond motifs is 1. The van der Waals surface area contributed by atoms with Gasteiger partial charge in [-0.1, -0.05) is 0 Å². The first kappa shape index (κ1) is 10.9. The van der Waals surface area contributed by atoms with Crippen molar-refractivity contribution < 1.29 is 13.2 Å². The molecule has 2 aromatic rings. The average molecular weight is 225 g/mol. The number of alkyl halides is 3. The van der Waals surface area contributed by atoms with Crippen molar-refractivity contribution in [2.45, 2.75) is 20.0 Å². The highest BCUT2D eigenvalue weighted by Crippen LogP contribution is 2.30. The number of benzene rings is 1. The summed E-state index contributed by atoms with van der Waals surface area (Å²) in [5.41, 5.74) is 1.88. The Labute approximate surface area is 90.9 Å². The van der Waals surface area contributed by atoms with Crippen molar-refractivity contribution in [2.75, 3.05) is 0 Å². The van der Waals surface area contributed by atoms with E-state index < -0.39 is 11.7 Å². The maximum atomic E-state index is 12.5. The summed E-state index contributed by atoms with van der Waals surface area (Å²) in [4.78, 5) is 3.83. The number of hydrogen-bond acceptors (Lipinski definition) is 1. The fraction of sp³-hybridized carbons (Fsp3) is 0.250. The van der Waals surface area contributed by atoms with Crippen molar-refractivity contribution in [2.24, 2.45) is 0 Å². The lowest BCUT2D eigenvalue weighted by molar-refractivity contribution is -0.137. The van der Waals surface area contributed by atoms with Crippen LogP contribution in [0.5, 0.6) is 0 Å². The lowest BCUT2D eigenvalue weighted by Gasteiger charge is -2.08. The first-order valence-corrected chi connectivity index (χ1v) is 4.82. The highest BCUT2D eigenvalue weighted by atomic mass is 19.4. The highest BCUT2D eigenvalue weighted by molar-refractivity contribution is 5.80. The quantitative estimate of drug-likeness (QED) is 0.663. The second-order valence-corrected chi connectivity index (χ2v) is 3.85. The maximum Gasteiger partial charge on any atom is 0.417 e. The van der Waals surface area contributed by atoms with E-state index >= 15 is 0 Å². The van der Waals surface area contributed by atoms with Gasteiger partial charge in [-0.2, -0.15) is 13.2 Å². The monoisotopic (exact) mass is 225 g/mol. The van der Waals surface area contributed by atoms with Crippen molar-refractivity contribution in [1.82, 2.24) is 4.98 Å². The van der Waals surface area contributed by atoms with Gasteiger partial charge in [-0.3, -0.25) is 4.98 Å². The summed E-state index contributed by atoms with van der Waals surface area (Å²) in [6.45, 7) is 3.78. The largest absolute Gasteiger partial charge is 0.417 e. The van der Waals surface area contributed by atoms with Crippen LogP contribution in [0.3, 0.4) is 0 Å². The van der Waals surface area contributed by atoms with Crippen molar-refractivity contribution in [3.8, 4) is 0 Å². The molecule has 0 aliphatic heterocycles. The average Bonchev–Trinajstić information content (AvgIpc) is 2.17. The molecule has 0 amide bonds. The van der Waals surface area contributed by atoms with Crippen LogP contribution >= 0.6 is 0 Å². The maximum absolute atomic E-state index is 12.5. The number of halogens is 3. The van der Waals surface area contributed by atoms with Crippen LogP contribution in [0, 0.1) is 13.8 Å². The minimum absolute atomic E-state index is 0.526. The molecule has 0 saturated carbocycles. The Hall–Kier alpha value is -1.58. The summed E-state index contributed by atoms with van der Waals surface area (Å²) >= 11 is 0. The lowest BCUT2D eigenvalue weighted by Crippen LogP contribution is -2.05. The zero-order chi connectivity index (χ0) is 11.9. The molecular weight excluding hydrogens is 215 g/mol. The van der Waals surface area contributed by atoms with E-state index in [-0.39, 0.29) is 0 Å². The highest BCUT2D eigenvalue weighted by Gasteiger charge is 2.30. The van der Waals surface area contributed by atoms with Crippen LogP contribution in [0.1, 0.15) is 16.7 Å². The van der Waals surface area contributed by atoms with Gasteiger partial charge in [0.15, 0.2) is 0 Å². The van der Waals surface area contributed by atoms with E-state index in [1.807, 2.05) is 13.8 Å². The van der Waals surface area contributed by atoms with Crippen molar-refractivity contribution >= 4 is 10.9 Å². The van der Waals surface area contributed by atoms with Gasteiger partial charge in [0.05, 0.1) is 11.1 Å². The normalized spacial score (nSPS) is 12.1. The molecule has 0 atom stereocenters. The molecule has 0 radical (unpaired) electrons. The lowest BCUT2D eigenvalue weighted by atomic mass is 10.1. The summed E-state index contributed by atoms with van der Waals surface area (Å²) < 4.78 is 37.4. The third-order valence-electron chi connectivity index (χ3n) is 2.62. The molecule has 16 heavy (non-hydrogen) atoms. The Bertz CT molecular complexity index is 544. The summed E-state index contributed by atoms with van der Waals surface area (Å²) in [6, 6.07) is 4.66. The zero-order valence-corrected chi connectivity index (χ0v) is 8.89. The predicted molar refractivity (Wildman–Crippen MR) is 56.2 cm³/mol. The minimum Gasteiger partial charge on any atom is -0.256 e. The van der Waals surface area contributed by atoms with Gasteiger partial charge >= 0.3 is 6.18 Å². The molecule has 4 heteroatoms. The van der Waals surface area contributed by atoms with Crippen LogP contribution in [0.15, 0.2) is 24.4 Å². The SMILES string of the molecule is Cc1cc2cc(C(F)(F)F)cnc2cc1C. The molecule has 1 aromatic heterocycles. The Kier molecular flexibility index (Phi) is 2.37. The number of pyridine rings is 1. The van der Waals surface area contributed by atoms with E-state index in [4.69, 9.17) is 0 Å². The second kappa shape index (κ2) is 3.47. The molecule has 0 aliphatic carbocycles. The van der Waals surface area contributed by atoms with E-state index in [1.54, 1.807) is 12.1 Å². The van der Waals surface area contributed by atoms with Crippen LogP contribution < -0.4 is 0 Å². The van der Waals surface area contributed by atoms with E-state index in [9.17, 15) is 13.2 Å². The van der Waals surface area contributed by atoms with Crippen molar-refractivity contribution in [3.63, 3.8) is 0 Å². The number of hydrogen-bond donors (Lipinski definition) is 0. The molecule has 1 nitrogen and oxygen atoms in total. The molecule has 0 spiro atoms. The van der Waals surface area contributed by atoms with Gasteiger partial charge in [0, 0.05) is 11.6 Å². The Morgan fingerprint density at radius 1 is 1.00 bits per heavy atom. The van der Waals surface area contributed by atoms with Crippen LogP contribution in [-0.2, 0) is 6.18 Å². The number of nitrogens with zero attached hydrogens (tertiary/aromatic N) is 1. The van der Waals surface area contributed by atoms with Gasteiger partial charge in [-0.05, 0) is 43.2 Å². The van der Waals surface area contributed by atoms with Crippen LogP contribution in [-0.4, -0.2) is 4.98 Å². The van der Waals surface area contributed by atoms with Crippen LogP contribution in [0.2, 0.25) is 0 Å². The molecule has 1 aromatic carbocycles. The van der Waals surface area contributed by atoms with Crippen molar-refractivity contribution in [1.29, 1.82) is 0 Å². The standard InChI is InChI=1S/C12H10F3N/c1-7-3-9-5-10(12(13,14)15)6-16-11(9)4-8(7)2/h3-6H,1-2H3. The molecule has 0 aliphatic rings. The summed E-state index contributed by atoms with van der Waals surface area (Å²) in [5, 5.41) is 0.526. The molecular formula is C12H10F3N. The Morgan fingerprint density at radius 2 is 1.62 bits per heavy atom. The zero-order valence-electron chi connectivity index (χ0n) is 8.89. The molecule has 0 fully saturated rings. The van der Waals surface area contributed by atoms with Gasteiger partial charge in [0.25, 0.3) is 0 Å². The summed E-state index contributed by atoms with van der Waals surface area (Å²) in [6.07, 6.45) is -3.46. The van der Waals surface area contributed by atoms with E-state index in [1.165, 1.54) is 0 Å². The number of aromatic nitrogens is 1. The van der Waals surface area contributed by atoms with Gasteiger partial charge in [-0.15, -0.1) is 0 Å². The number of rotatable bonds is 0. The third kappa shape index (κ3) is 1.87. The van der Waals surface area contributed by atoms with E-state index in [0.29, 0.717) is 10.9 Å². The fourth-order valence-corrected chi connectivity index (χ4v) is 1.55. The smallest absolute Gasteiger partial charge is 0.256 e. The van der Waals surface area contributed by atoms with E-state index in [0.717, 1.165) is 23.4 Å². The van der Waals surface area contributed by atoms with Gasteiger partial charge < -0.3 is 0 Å². The minimum atomic E-state index is -4.33. The topological polar surface area (TPSA) is 12.9 Å². The molecule has 2 rings (SSSR count). The summed E-state index contributed by atoms with van der Waals surface area (Å²) in [5.74, 6) is 0. The van der Waals surface area contributed by atoms with Gasteiger partial charge in [-0.25, -0.2) is 0 Å². The molecule has 1 heterocycles. The Balaban J connectivity index is 2.67. The first-order chi connectivity index (χ1) is 7.38. The van der Waals surface area contributed by atoms with E-state index in [2.05, 4.69) is 4.98 Å². The Morgan fingerprint density at radius 3 is 2.25 bits per heavy atom. The number of aryl methyl sites for hydroxylation is 2. The first-order valence-electron chi connectivity index (χ1n) is 4.82. The van der Waals surface area contributed by atoms with Crippen molar-refractivity contribution in [3.05, 3.63) is 41.1 Å². The molecule has 84 valence electrons. The third-order valence-corrected chi connectivity index (χ3v) is 2.62. The predicted octanol–water partition coefficient (Wildman–Crippen LogP) is 3.87. The fourth-order valence-electron chi connectivity index (χ4n) is 1.55. The molecule has 0 bridgehead atoms. The van der Waals surface area contributed by atoms with Gasteiger partial charge in [0.2, 0.25) is 0 Å². The van der Waals surface area contributed by atoms with Crippen LogP contribution in [0.25, 0.3) is 10.9 Å². The summed E-state index contributed by atoms with van der Waals surface area (Å²) in [7, 11) is 0. The second-order valence-electron chi connectivity index (χ2n) is 3.85. The molecule has 0 unspecified atom stereocenters. The molecule has 0 N–H and O–H groups in total. The van der Waals surface area contributed by atoms with Crippen LogP contribution in [0.4, 0.5) is 13.2 Å². The van der Waals surface area contributed by atoms with Gasteiger partial charge in [0.1, 0.15) is 0 Å².